The van der Waals surface area contributed by atoms with E-state index in [2.05, 4.69) is 0 Å². The molecule has 1 heterocycles. The van der Waals surface area contributed by atoms with Gasteiger partial charge < -0.3 is 23.7 Å². The predicted octanol–water partition coefficient (Wildman–Crippen LogP) is 1.60. The summed E-state index contributed by atoms with van der Waals surface area (Å²) in [5.41, 5.74) is -0.749. The molecule has 160 valence electrons. The van der Waals surface area contributed by atoms with Crippen LogP contribution in [-0.2, 0) is 42.9 Å². The molecular formula is C18H28O9S. The van der Waals surface area contributed by atoms with Crippen molar-refractivity contribution in [3.63, 3.8) is 0 Å². The van der Waals surface area contributed by atoms with Crippen molar-refractivity contribution in [3.8, 4) is 0 Å². The van der Waals surface area contributed by atoms with E-state index in [0.29, 0.717) is 0 Å². The summed E-state index contributed by atoms with van der Waals surface area (Å²) in [5, 5.41) is 0. The zero-order valence-electron chi connectivity index (χ0n) is 17.2. The molecule has 0 radical (unpaired) electrons. The highest BCUT2D eigenvalue weighted by molar-refractivity contribution is 8.01. The number of esters is 4. The van der Waals surface area contributed by atoms with Crippen LogP contribution < -0.4 is 0 Å². The highest BCUT2D eigenvalue weighted by Gasteiger charge is 2.53. The maximum Gasteiger partial charge on any atom is 0.303 e. The first-order chi connectivity index (χ1) is 12.8. The molecule has 0 aromatic carbocycles. The zero-order valence-corrected chi connectivity index (χ0v) is 18.0. The molecular weight excluding hydrogens is 392 g/mol. The van der Waals surface area contributed by atoms with Crippen LogP contribution in [0.15, 0.2) is 0 Å². The fourth-order valence-corrected chi connectivity index (χ4v) is 3.87. The standard InChI is InChI=1S/C18H28O9S/c1-9(19)23-8-13-14(24-10(2)20)15(25-11(3)21)16(26-12(4)22)17(27-13)28-18(5,6)7/h13-17H,8H2,1-7H3/t13-,14-,15+,16+,17-/m1/s1. The van der Waals surface area contributed by atoms with Crippen molar-refractivity contribution >= 4 is 35.6 Å². The summed E-state index contributed by atoms with van der Waals surface area (Å²) in [4.78, 5) is 46.3. The van der Waals surface area contributed by atoms with E-state index in [4.69, 9.17) is 23.7 Å². The van der Waals surface area contributed by atoms with E-state index in [-0.39, 0.29) is 11.4 Å². The third kappa shape index (κ3) is 8.05. The minimum Gasteiger partial charge on any atom is -0.463 e. The topological polar surface area (TPSA) is 114 Å². The summed E-state index contributed by atoms with van der Waals surface area (Å²) in [7, 11) is 0. The molecule has 0 aromatic heterocycles. The molecule has 0 unspecified atom stereocenters. The Kier molecular flexibility index (Phi) is 8.75. The Morgan fingerprint density at radius 3 is 1.68 bits per heavy atom. The van der Waals surface area contributed by atoms with Crippen molar-refractivity contribution in [1.29, 1.82) is 0 Å². The normalized spacial score (nSPS) is 27.5. The van der Waals surface area contributed by atoms with Crippen molar-refractivity contribution in [2.24, 2.45) is 0 Å². The van der Waals surface area contributed by atoms with Crippen LogP contribution in [-0.4, -0.2) is 65.1 Å². The lowest BCUT2D eigenvalue weighted by Gasteiger charge is -2.45. The molecule has 0 spiro atoms. The monoisotopic (exact) mass is 420 g/mol. The summed E-state index contributed by atoms with van der Waals surface area (Å²) in [6, 6.07) is 0. The third-order valence-electron chi connectivity index (χ3n) is 3.42. The number of rotatable bonds is 6. The van der Waals surface area contributed by atoms with E-state index in [0.717, 1.165) is 0 Å². The third-order valence-corrected chi connectivity index (χ3v) is 4.74. The number of hydrogen-bond donors (Lipinski definition) is 0. The SMILES string of the molecule is CC(=O)OC[C@H]1O[C@H](SC(C)(C)C)[C@@H](OC(C)=O)[C@@H](OC(C)=O)[C@@H]1OC(C)=O. The van der Waals surface area contributed by atoms with Crippen molar-refractivity contribution in [3.05, 3.63) is 0 Å². The lowest BCUT2D eigenvalue weighted by Crippen LogP contribution is -2.62. The summed E-state index contributed by atoms with van der Waals surface area (Å²) in [6.07, 6.45) is -4.19. The Hall–Kier alpha value is -1.81. The Morgan fingerprint density at radius 2 is 1.25 bits per heavy atom. The summed E-state index contributed by atoms with van der Waals surface area (Å²) >= 11 is 1.35. The zero-order chi connectivity index (χ0) is 21.6. The molecule has 28 heavy (non-hydrogen) atoms. The first-order valence-corrected chi connectivity index (χ1v) is 9.66. The van der Waals surface area contributed by atoms with Gasteiger partial charge in [-0.1, -0.05) is 20.8 Å². The van der Waals surface area contributed by atoms with Gasteiger partial charge in [-0.15, -0.1) is 11.8 Å². The van der Waals surface area contributed by atoms with Gasteiger partial charge in [-0.05, 0) is 0 Å². The second-order valence-electron chi connectivity index (χ2n) is 7.30. The average molecular weight is 420 g/mol. The van der Waals surface area contributed by atoms with E-state index in [1.54, 1.807) is 0 Å². The Morgan fingerprint density at radius 1 is 0.786 bits per heavy atom. The van der Waals surface area contributed by atoms with E-state index in [9.17, 15) is 19.2 Å². The fourth-order valence-electron chi connectivity index (χ4n) is 2.63. The molecule has 0 aromatic rings. The molecule has 10 heteroatoms. The summed E-state index contributed by atoms with van der Waals surface area (Å²) in [6.45, 7) is 10.4. The quantitative estimate of drug-likeness (QED) is 0.463. The second-order valence-corrected chi connectivity index (χ2v) is 9.22. The van der Waals surface area contributed by atoms with Crippen LogP contribution in [0.25, 0.3) is 0 Å². The van der Waals surface area contributed by atoms with Gasteiger partial charge in [0.25, 0.3) is 0 Å². The van der Waals surface area contributed by atoms with Gasteiger partial charge >= 0.3 is 23.9 Å². The van der Waals surface area contributed by atoms with Crippen molar-refractivity contribution in [2.75, 3.05) is 6.61 Å². The molecule has 0 N–H and O–H groups in total. The van der Waals surface area contributed by atoms with Gasteiger partial charge in [-0.25, -0.2) is 0 Å². The number of carbonyl (C=O) groups is 4. The molecule has 9 nitrogen and oxygen atoms in total. The molecule has 1 aliphatic heterocycles. The molecule has 0 amide bonds. The van der Waals surface area contributed by atoms with Crippen LogP contribution in [0, 0.1) is 0 Å². The molecule has 0 bridgehead atoms. The molecule has 1 aliphatic rings. The highest BCUT2D eigenvalue weighted by atomic mass is 32.2. The van der Waals surface area contributed by atoms with Crippen LogP contribution in [0.2, 0.25) is 0 Å². The first-order valence-electron chi connectivity index (χ1n) is 8.78. The molecule has 1 fully saturated rings. The van der Waals surface area contributed by atoms with Crippen molar-refractivity contribution in [2.45, 2.75) is 83.1 Å². The van der Waals surface area contributed by atoms with Gasteiger partial charge in [0.1, 0.15) is 18.1 Å². The van der Waals surface area contributed by atoms with E-state index >= 15 is 0 Å². The van der Waals surface area contributed by atoms with Crippen LogP contribution in [0.5, 0.6) is 0 Å². The summed E-state index contributed by atoms with van der Waals surface area (Å²) in [5.74, 6) is -2.45. The lowest BCUT2D eigenvalue weighted by molar-refractivity contribution is -0.237. The minimum atomic E-state index is -1.13. The highest BCUT2D eigenvalue weighted by Crippen LogP contribution is 2.39. The van der Waals surface area contributed by atoms with Crippen LogP contribution in [0.4, 0.5) is 0 Å². The number of hydrogen-bond acceptors (Lipinski definition) is 10. The summed E-state index contributed by atoms with van der Waals surface area (Å²) < 4.78 is 26.8. The average Bonchev–Trinajstić information content (AvgIpc) is 2.48. The molecule has 5 atom stereocenters. The van der Waals surface area contributed by atoms with Gasteiger partial charge in [-0.2, -0.15) is 0 Å². The van der Waals surface area contributed by atoms with Crippen molar-refractivity contribution in [1.82, 2.24) is 0 Å². The number of thioether (sulfide) groups is 1. The smallest absolute Gasteiger partial charge is 0.303 e. The van der Waals surface area contributed by atoms with E-state index in [1.165, 1.54) is 39.5 Å². The second kappa shape index (κ2) is 10.1. The Labute approximate surface area is 168 Å². The lowest BCUT2D eigenvalue weighted by atomic mass is 9.99. The van der Waals surface area contributed by atoms with Crippen molar-refractivity contribution < 1.29 is 42.9 Å². The van der Waals surface area contributed by atoms with E-state index < -0.39 is 53.7 Å². The van der Waals surface area contributed by atoms with Gasteiger partial charge in [0.2, 0.25) is 0 Å². The van der Waals surface area contributed by atoms with E-state index in [1.807, 2.05) is 20.8 Å². The number of carbonyl (C=O) groups excluding carboxylic acids is 4. The Balaban J connectivity index is 3.33. The maximum atomic E-state index is 11.7. The molecule has 0 aliphatic carbocycles. The van der Waals surface area contributed by atoms with Crippen LogP contribution in [0.3, 0.4) is 0 Å². The largest absolute Gasteiger partial charge is 0.463 e. The predicted molar refractivity (Wildman–Crippen MR) is 99.3 cm³/mol. The van der Waals surface area contributed by atoms with Gasteiger partial charge in [0.05, 0.1) is 0 Å². The van der Waals surface area contributed by atoms with Gasteiger partial charge in [0.15, 0.2) is 18.3 Å². The van der Waals surface area contributed by atoms with Crippen LogP contribution in [0.1, 0.15) is 48.5 Å². The van der Waals surface area contributed by atoms with Crippen LogP contribution >= 0.6 is 11.8 Å². The molecule has 0 saturated carbocycles. The van der Waals surface area contributed by atoms with Gasteiger partial charge in [0, 0.05) is 32.4 Å². The molecule has 1 rings (SSSR count). The molecule has 1 saturated heterocycles. The number of ether oxygens (including phenoxy) is 5. The van der Waals surface area contributed by atoms with Gasteiger partial charge in [-0.3, -0.25) is 19.2 Å². The fraction of sp³-hybridized carbons (Fsp3) is 0.778. The first kappa shape index (κ1) is 24.2. The maximum absolute atomic E-state index is 11.7. The minimum absolute atomic E-state index is 0.223. The Bertz CT molecular complexity index is 598.